The van der Waals surface area contributed by atoms with Gasteiger partial charge in [0, 0.05) is 0 Å². The van der Waals surface area contributed by atoms with Gasteiger partial charge in [0.05, 0.1) is 0 Å². The van der Waals surface area contributed by atoms with Crippen LogP contribution in [0.4, 0.5) is 0 Å². The first kappa shape index (κ1) is 5.25. The molecule has 2 nitrogen and oxygen atoms in total. The molecule has 0 aliphatic carbocycles. The fraction of sp³-hybridized carbons (Fsp3) is 0.250. The van der Waals surface area contributed by atoms with Gasteiger partial charge in [-0.2, -0.15) is 0 Å². The summed E-state index contributed by atoms with van der Waals surface area (Å²) < 4.78 is 3.96. The van der Waals surface area contributed by atoms with Gasteiger partial charge < -0.3 is 0 Å². The van der Waals surface area contributed by atoms with Crippen LogP contribution in [0.15, 0.2) is 0 Å². The van der Waals surface area contributed by atoms with Gasteiger partial charge in [-0.25, -0.2) is 0 Å². The van der Waals surface area contributed by atoms with E-state index in [9.17, 15) is 4.79 Å². The summed E-state index contributed by atoms with van der Waals surface area (Å²) in [5.74, 6) is 0.763. The summed E-state index contributed by atoms with van der Waals surface area (Å²) in [6.07, 6.45) is 6.08. The third-order valence-electron chi connectivity index (χ3n) is 0.287. The molecular formula is C4H3O2+. The van der Waals surface area contributed by atoms with Crippen LogP contribution in [0, 0.1) is 12.3 Å². The van der Waals surface area contributed by atoms with Crippen LogP contribution in [-0.2, 0) is 9.53 Å². The molecule has 0 fully saturated rings. The Morgan fingerprint density at radius 1 is 2.00 bits per heavy atom. The summed E-state index contributed by atoms with van der Waals surface area (Å²) in [6.45, 7) is 0. The van der Waals surface area contributed by atoms with Crippen molar-refractivity contribution in [1.29, 1.82) is 0 Å². The first-order chi connectivity index (χ1) is 2.81. The molecule has 6 heavy (non-hydrogen) atoms. The minimum atomic E-state index is -0.741. The Hall–Kier alpha value is -0.750. The van der Waals surface area contributed by atoms with E-state index in [1.807, 2.05) is 0 Å². The van der Waals surface area contributed by atoms with Crippen LogP contribution in [0.1, 0.15) is 0 Å². The van der Waals surface area contributed by atoms with Crippen LogP contribution in [0.25, 0.3) is 0 Å². The van der Waals surface area contributed by atoms with Crippen molar-refractivity contribution in [2.75, 3.05) is 7.11 Å². The second-order valence-corrected chi connectivity index (χ2v) is 0.617. The zero-order valence-corrected chi connectivity index (χ0v) is 3.32. The summed E-state index contributed by atoms with van der Waals surface area (Å²) in [5, 5.41) is 0. The van der Waals surface area contributed by atoms with Gasteiger partial charge in [0.25, 0.3) is 0 Å². The fourth-order valence-corrected chi connectivity index (χ4v) is 0.0510. The normalized spacial score (nSPS) is 6.50. The zero-order chi connectivity index (χ0) is 4.99. The molecule has 0 atom stereocenters. The minimum absolute atomic E-state index is 0.741. The van der Waals surface area contributed by atoms with Crippen LogP contribution in [-0.4, -0.2) is 13.1 Å². The molecule has 0 saturated carbocycles. The summed E-state index contributed by atoms with van der Waals surface area (Å²) in [6, 6.07) is 0. The van der Waals surface area contributed by atoms with Gasteiger partial charge in [0.1, 0.15) is 0 Å². The Bertz CT molecular complexity index is 88.2. The Balaban J connectivity index is 3.33. The van der Waals surface area contributed by atoms with E-state index in [0.29, 0.717) is 0 Å². The van der Waals surface area contributed by atoms with Crippen molar-refractivity contribution in [3.8, 4) is 5.92 Å². The van der Waals surface area contributed by atoms with Gasteiger partial charge in [0.2, 0.25) is 0 Å². The summed E-state index contributed by atoms with van der Waals surface area (Å²) in [4.78, 5) is 9.66. The van der Waals surface area contributed by atoms with Crippen LogP contribution < -0.4 is 0 Å². The van der Waals surface area contributed by atoms with E-state index in [2.05, 4.69) is 4.74 Å². The molecule has 2 heteroatoms. The number of rotatable bonds is 0. The molecule has 0 amide bonds. The molecule has 0 saturated heterocycles. The summed E-state index contributed by atoms with van der Waals surface area (Å²) >= 11 is 0. The molecule has 0 unspecified atom stereocenters. The summed E-state index contributed by atoms with van der Waals surface area (Å²) in [5.41, 5.74) is 0. The average molecular weight is 83.1 g/mol. The zero-order valence-electron chi connectivity index (χ0n) is 3.32. The van der Waals surface area contributed by atoms with Crippen molar-refractivity contribution in [2.45, 2.75) is 0 Å². The maximum absolute atomic E-state index is 9.66. The molecular weight excluding hydrogens is 80.0 g/mol. The molecule has 0 heterocycles. The number of esters is 1. The van der Waals surface area contributed by atoms with E-state index < -0.39 is 5.97 Å². The Labute approximate surface area is 36.1 Å². The number of carbonyl (C=O) groups excluding carboxylic acids is 1. The van der Waals surface area contributed by atoms with Crippen molar-refractivity contribution in [3.05, 3.63) is 6.42 Å². The van der Waals surface area contributed by atoms with E-state index >= 15 is 0 Å². The first-order valence-electron chi connectivity index (χ1n) is 1.32. The maximum atomic E-state index is 9.66. The van der Waals surface area contributed by atoms with Crippen LogP contribution in [0.5, 0.6) is 0 Å². The molecule has 0 spiro atoms. The summed E-state index contributed by atoms with van der Waals surface area (Å²) in [7, 11) is 1.20. The van der Waals surface area contributed by atoms with Gasteiger partial charge in [-0.3, -0.25) is 0 Å². The molecule has 0 aliphatic heterocycles. The van der Waals surface area contributed by atoms with Crippen LogP contribution in [0.3, 0.4) is 0 Å². The van der Waals surface area contributed by atoms with Crippen LogP contribution in [0.2, 0.25) is 0 Å². The molecule has 0 bridgehead atoms. The number of carbonyl (C=O) groups is 1. The fourth-order valence-electron chi connectivity index (χ4n) is 0.0510. The van der Waals surface area contributed by atoms with Gasteiger partial charge in [-0.1, -0.05) is 0 Å². The Morgan fingerprint density at radius 2 is 2.50 bits per heavy atom. The predicted octanol–water partition coefficient (Wildman–Crippen LogP) is -0.251. The third-order valence-corrected chi connectivity index (χ3v) is 0.287. The van der Waals surface area contributed by atoms with Gasteiger partial charge >= 0.3 is 35.0 Å². The van der Waals surface area contributed by atoms with Crippen molar-refractivity contribution in [1.82, 2.24) is 0 Å². The molecule has 0 N–H and O–H groups in total. The van der Waals surface area contributed by atoms with E-state index in [-0.39, 0.29) is 0 Å². The van der Waals surface area contributed by atoms with Gasteiger partial charge in [-0.05, 0) is 0 Å². The van der Waals surface area contributed by atoms with Crippen molar-refractivity contribution in [2.24, 2.45) is 0 Å². The standard InChI is InChI=1S/C4H3O2/c1-3-4(5)6-2/h2H3/q+1. The molecule has 0 aromatic heterocycles. The third kappa shape index (κ3) is 1.56. The molecule has 30 valence electrons. The van der Waals surface area contributed by atoms with E-state index in [1.165, 1.54) is 13.0 Å². The second-order valence-electron chi connectivity index (χ2n) is 0.617. The van der Waals surface area contributed by atoms with Crippen LogP contribution >= 0.6 is 0 Å². The molecule has 0 aromatic rings. The van der Waals surface area contributed by atoms with Crippen molar-refractivity contribution in [3.63, 3.8) is 0 Å². The average Bonchev–Trinajstić information content (AvgIpc) is 1.65. The number of methoxy groups -OCH3 is 1. The van der Waals surface area contributed by atoms with E-state index in [4.69, 9.17) is 6.42 Å². The second kappa shape index (κ2) is 2.49. The molecule has 0 radical (unpaired) electrons. The topological polar surface area (TPSA) is 26.3 Å². The van der Waals surface area contributed by atoms with Gasteiger partial charge in [0.15, 0.2) is 0 Å². The van der Waals surface area contributed by atoms with Gasteiger partial charge in [-0.15, -0.1) is 0 Å². The van der Waals surface area contributed by atoms with Crippen molar-refractivity contribution >= 4 is 5.97 Å². The quantitative estimate of drug-likeness (QED) is 0.229. The van der Waals surface area contributed by atoms with E-state index in [0.717, 1.165) is 0 Å². The number of hydrogen-bond acceptors (Lipinski definition) is 2. The Kier molecular flexibility index (Phi) is 2.17. The molecule has 0 aromatic carbocycles. The SMILES string of the molecule is [C+]#CC(=O)OC. The predicted molar refractivity (Wildman–Crippen MR) is 19.1 cm³/mol. The number of ether oxygens (including phenoxy) is 1. The first-order valence-corrected chi connectivity index (χ1v) is 1.32. The monoisotopic (exact) mass is 83.0 g/mol. The Morgan fingerprint density at radius 3 is 2.50 bits per heavy atom. The molecule has 0 aliphatic rings. The number of hydrogen-bond donors (Lipinski definition) is 0. The van der Waals surface area contributed by atoms with E-state index in [1.54, 1.807) is 0 Å². The molecule has 0 rings (SSSR count). The van der Waals surface area contributed by atoms with Crippen molar-refractivity contribution < 1.29 is 9.53 Å².